The largest absolute Gasteiger partial charge is 0.449 e. The van der Waals surface area contributed by atoms with Crippen LogP contribution >= 0.6 is 31.9 Å². The van der Waals surface area contributed by atoms with Crippen molar-refractivity contribution in [2.75, 3.05) is 18.9 Å². The first-order valence-electron chi connectivity index (χ1n) is 10.1. The molecule has 0 spiro atoms. The minimum absolute atomic E-state index is 0.0533. The van der Waals surface area contributed by atoms with Crippen molar-refractivity contribution in [3.8, 4) is 11.1 Å². The lowest BCUT2D eigenvalue weighted by atomic mass is 9.98. The Kier molecular flexibility index (Phi) is 6.85. The molecule has 1 amide bonds. The number of aliphatic hydroxyl groups excluding tert-OH is 2. The van der Waals surface area contributed by atoms with E-state index >= 15 is 0 Å². The highest BCUT2D eigenvalue weighted by Crippen LogP contribution is 2.44. The van der Waals surface area contributed by atoms with Crippen LogP contribution in [-0.4, -0.2) is 35.6 Å². The molecule has 0 aromatic heterocycles. The van der Waals surface area contributed by atoms with Crippen molar-refractivity contribution in [2.24, 2.45) is 0 Å². The van der Waals surface area contributed by atoms with Gasteiger partial charge in [-0.1, -0.05) is 64.5 Å². The number of carbonyl (C=O) groups is 1. The van der Waals surface area contributed by atoms with Gasteiger partial charge in [-0.25, -0.2) is 4.79 Å². The van der Waals surface area contributed by atoms with E-state index in [0.29, 0.717) is 20.2 Å². The van der Waals surface area contributed by atoms with E-state index in [1.54, 1.807) is 12.1 Å². The van der Waals surface area contributed by atoms with Crippen LogP contribution in [0.2, 0.25) is 0 Å². The number of halogens is 2. The number of nitrogens with two attached hydrogens (primary N) is 1. The van der Waals surface area contributed by atoms with Gasteiger partial charge in [0, 0.05) is 27.0 Å². The van der Waals surface area contributed by atoms with E-state index in [1.165, 1.54) is 0 Å². The van der Waals surface area contributed by atoms with Crippen molar-refractivity contribution < 1.29 is 19.7 Å². The molecule has 0 aliphatic heterocycles. The van der Waals surface area contributed by atoms with Crippen molar-refractivity contribution in [1.29, 1.82) is 0 Å². The maximum absolute atomic E-state index is 12.3. The second-order valence-electron chi connectivity index (χ2n) is 7.61. The first-order chi connectivity index (χ1) is 15.4. The van der Waals surface area contributed by atoms with Gasteiger partial charge < -0.3 is 26.0 Å². The minimum atomic E-state index is -1.28. The molecule has 0 radical (unpaired) electrons. The molecular formula is C24H22Br2N2O4. The number of aliphatic hydroxyl groups is 2. The van der Waals surface area contributed by atoms with Crippen LogP contribution in [0.5, 0.6) is 0 Å². The predicted molar refractivity (Wildman–Crippen MR) is 130 cm³/mol. The Labute approximate surface area is 202 Å². The first kappa shape index (κ1) is 22.8. The highest BCUT2D eigenvalue weighted by atomic mass is 79.9. The molecule has 166 valence electrons. The molecule has 6 nitrogen and oxygen atoms in total. The summed E-state index contributed by atoms with van der Waals surface area (Å²) in [5.74, 6) is -0.0533. The number of amides is 1. The molecule has 2 atom stereocenters. The number of anilines is 1. The molecule has 8 heteroatoms. The molecule has 0 heterocycles. The molecule has 2 unspecified atom stereocenters. The Balaban J connectivity index is 1.36. The SMILES string of the molecule is Nc1c(Br)cc(Br)cc1C(O)C(O)CNC(=O)OCC1c2ccccc2-c2ccccc21. The Bertz CT molecular complexity index is 1110. The van der Waals surface area contributed by atoms with Gasteiger partial charge in [0.05, 0.1) is 5.69 Å². The monoisotopic (exact) mass is 560 g/mol. The molecule has 1 aliphatic carbocycles. The van der Waals surface area contributed by atoms with E-state index in [9.17, 15) is 15.0 Å². The Hall–Kier alpha value is -2.39. The molecule has 4 rings (SSSR count). The molecular weight excluding hydrogens is 540 g/mol. The van der Waals surface area contributed by atoms with Gasteiger partial charge in [-0.3, -0.25) is 0 Å². The quantitative estimate of drug-likeness (QED) is 0.326. The minimum Gasteiger partial charge on any atom is -0.449 e. The Morgan fingerprint density at radius 2 is 1.62 bits per heavy atom. The van der Waals surface area contributed by atoms with Crippen molar-refractivity contribution in [3.05, 3.63) is 86.3 Å². The summed E-state index contributed by atoms with van der Waals surface area (Å²) in [5, 5.41) is 23.4. The smallest absolute Gasteiger partial charge is 0.407 e. The van der Waals surface area contributed by atoms with Crippen molar-refractivity contribution in [2.45, 2.75) is 18.1 Å². The van der Waals surface area contributed by atoms with Crippen molar-refractivity contribution in [1.82, 2.24) is 5.32 Å². The fourth-order valence-corrected chi connectivity index (χ4v) is 5.26. The molecule has 0 saturated carbocycles. The normalized spacial score (nSPS) is 14.4. The van der Waals surface area contributed by atoms with Crippen LogP contribution < -0.4 is 11.1 Å². The van der Waals surface area contributed by atoms with Crippen LogP contribution in [0.25, 0.3) is 11.1 Å². The van der Waals surface area contributed by atoms with Gasteiger partial charge >= 0.3 is 6.09 Å². The number of nitrogens with one attached hydrogen (secondary N) is 1. The van der Waals surface area contributed by atoms with E-state index < -0.39 is 18.3 Å². The van der Waals surface area contributed by atoms with E-state index in [0.717, 1.165) is 22.3 Å². The van der Waals surface area contributed by atoms with E-state index in [-0.39, 0.29) is 19.1 Å². The van der Waals surface area contributed by atoms with Crippen LogP contribution in [0, 0.1) is 0 Å². The second kappa shape index (κ2) is 9.62. The lowest BCUT2D eigenvalue weighted by molar-refractivity contribution is 0.0189. The maximum atomic E-state index is 12.3. The van der Waals surface area contributed by atoms with Crippen molar-refractivity contribution >= 4 is 43.6 Å². The lowest BCUT2D eigenvalue weighted by Crippen LogP contribution is -2.36. The van der Waals surface area contributed by atoms with Gasteiger partial charge in [-0.05, 0) is 50.3 Å². The van der Waals surface area contributed by atoms with Crippen LogP contribution in [0.1, 0.15) is 28.7 Å². The summed E-state index contributed by atoms with van der Waals surface area (Å²) in [6.07, 6.45) is -3.21. The first-order valence-corrected chi connectivity index (χ1v) is 11.6. The fourth-order valence-electron chi connectivity index (χ4n) is 4.01. The molecule has 0 fully saturated rings. The molecule has 0 saturated heterocycles. The molecule has 1 aliphatic rings. The molecule has 32 heavy (non-hydrogen) atoms. The number of hydrogen-bond acceptors (Lipinski definition) is 5. The number of rotatable bonds is 6. The molecule has 5 N–H and O–H groups in total. The van der Waals surface area contributed by atoms with E-state index in [4.69, 9.17) is 10.5 Å². The standard InChI is InChI=1S/C24H22Br2N2O4/c25-13-9-18(22(27)20(26)10-13)23(30)21(29)11-28-24(31)32-12-19-16-7-3-1-5-14(16)15-6-2-4-8-17(15)19/h1-10,19,21,23,29-30H,11-12,27H2,(H,28,31). The summed E-state index contributed by atoms with van der Waals surface area (Å²) >= 11 is 6.65. The van der Waals surface area contributed by atoms with Crippen LogP contribution in [0.3, 0.4) is 0 Å². The summed E-state index contributed by atoms with van der Waals surface area (Å²) in [6, 6.07) is 19.5. The third-order valence-corrected chi connectivity index (χ3v) is 6.72. The summed E-state index contributed by atoms with van der Waals surface area (Å²) in [6.45, 7) is -0.0224. The third-order valence-electron chi connectivity index (χ3n) is 5.61. The number of ether oxygens (including phenoxy) is 1. The predicted octanol–water partition coefficient (Wildman–Crippen LogP) is 4.73. The fraction of sp³-hybridized carbons (Fsp3) is 0.208. The van der Waals surface area contributed by atoms with Crippen LogP contribution in [-0.2, 0) is 4.74 Å². The van der Waals surface area contributed by atoms with Crippen molar-refractivity contribution in [3.63, 3.8) is 0 Å². The average Bonchev–Trinajstić information content (AvgIpc) is 3.11. The van der Waals surface area contributed by atoms with Gasteiger partial charge in [0.1, 0.15) is 18.8 Å². The van der Waals surface area contributed by atoms with E-state index in [2.05, 4.69) is 49.3 Å². The number of alkyl carbamates (subject to hydrolysis) is 1. The summed E-state index contributed by atoms with van der Waals surface area (Å²) < 4.78 is 6.75. The summed E-state index contributed by atoms with van der Waals surface area (Å²) in [4.78, 5) is 12.3. The molecule has 3 aromatic carbocycles. The van der Waals surface area contributed by atoms with Gasteiger partial charge in [-0.2, -0.15) is 0 Å². The molecule has 0 bridgehead atoms. The third kappa shape index (κ3) is 4.54. The highest BCUT2D eigenvalue weighted by molar-refractivity contribution is 9.11. The number of fused-ring (bicyclic) bond motifs is 3. The highest BCUT2D eigenvalue weighted by Gasteiger charge is 2.29. The number of benzene rings is 3. The second-order valence-corrected chi connectivity index (χ2v) is 9.38. The van der Waals surface area contributed by atoms with Crippen LogP contribution in [0.4, 0.5) is 10.5 Å². The average molecular weight is 562 g/mol. The number of nitrogen functional groups attached to an aromatic ring is 1. The zero-order valence-corrected chi connectivity index (χ0v) is 20.1. The summed E-state index contributed by atoms with van der Waals surface area (Å²) in [5.41, 5.74) is 11.2. The lowest BCUT2D eigenvalue weighted by Gasteiger charge is -2.21. The maximum Gasteiger partial charge on any atom is 0.407 e. The number of hydrogen-bond donors (Lipinski definition) is 4. The van der Waals surface area contributed by atoms with Gasteiger partial charge in [-0.15, -0.1) is 0 Å². The number of carbonyl (C=O) groups excluding carboxylic acids is 1. The summed E-state index contributed by atoms with van der Waals surface area (Å²) in [7, 11) is 0. The van der Waals surface area contributed by atoms with Gasteiger partial charge in [0.2, 0.25) is 0 Å². The Morgan fingerprint density at radius 1 is 1.03 bits per heavy atom. The molecule has 3 aromatic rings. The van der Waals surface area contributed by atoms with Crippen LogP contribution in [0.15, 0.2) is 69.6 Å². The van der Waals surface area contributed by atoms with E-state index in [1.807, 2.05) is 36.4 Å². The zero-order chi connectivity index (χ0) is 22.8. The van der Waals surface area contributed by atoms with Gasteiger partial charge in [0.25, 0.3) is 0 Å². The zero-order valence-electron chi connectivity index (χ0n) is 17.0. The topological polar surface area (TPSA) is 105 Å². The van der Waals surface area contributed by atoms with Gasteiger partial charge in [0.15, 0.2) is 0 Å². The Morgan fingerprint density at radius 3 is 2.25 bits per heavy atom.